The fourth-order valence-corrected chi connectivity index (χ4v) is 2.91. The predicted octanol–water partition coefficient (Wildman–Crippen LogP) is 2.58. The van der Waals surface area contributed by atoms with E-state index in [1.165, 1.54) is 18.1 Å². The highest BCUT2D eigenvalue weighted by atomic mass is 32.2. The standard InChI is InChI=1S/C15H19N5OS/c1-4-12(22-15-18-8-17-14(16)20-15)13(21)19-11-6-9(2)5-10(3)7-11/h5-8,12H,4H2,1-3H3,(H,19,21)(H2,16,17,18,20). The van der Waals surface area contributed by atoms with Crippen LogP contribution in [0.2, 0.25) is 0 Å². The Morgan fingerprint density at radius 1 is 1.27 bits per heavy atom. The summed E-state index contributed by atoms with van der Waals surface area (Å²) in [5, 5.41) is 3.11. The number of nitrogen functional groups attached to an aromatic ring is 1. The van der Waals surface area contributed by atoms with Crippen LogP contribution in [0.1, 0.15) is 24.5 Å². The van der Waals surface area contributed by atoms with Gasteiger partial charge in [-0.15, -0.1) is 0 Å². The largest absolute Gasteiger partial charge is 0.368 e. The molecule has 0 saturated carbocycles. The number of nitrogens with two attached hydrogens (primary N) is 1. The number of carbonyl (C=O) groups is 1. The molecule has 0 bridgehead atoms. The van der Waals surface area contributed by atoms with Crippen molar-refractivity contribution in [2.45, 2.75) is 37.6 Å². The molecule has 1 heterocycles. The molecular formula is C15H19N5OS. The summed E-state index contributed by atoms with van der Waals surface area (Å²) >= 11 is 1.28. The SMILES string of the molecule is CCC(Sc1ncnc(N)n1)C(=O)Nc1cc(C)cc(C)c1. The van der Waals surface area contributed by atoms with Crippen LogP contribution in [0.5, 0.6) is 0 Å². The average molecular weight is 317 g/mol. The van der Waals surface area contributed by atoms with Crippen molar-refractivity contribution in [3.8, 4) is 0 Å². The third kappa shape index (κ3) is 4.42. The van der Waals surface area contributed by atoms with Crippen molar-refractivity contribution >= 4 is 29.3 Å². The van der Waals surface area contributed by atoms with Crippen LogP contribution in [-0.2, 0) is 4.79 Å². The van der Waals surface area contributed by atoms with E-state index in [2.05, 4.69) is 26.3 Å². The molecule has 7 heteroatoms. The van der Waals surface area contributed by atoms with E-state index < -0.39 is 0 Å². The van der Waals surface area contributed by atoms with Crippen molar-refractivity contribution in [1.82, 2.24) is 15.0 Å². The highest BCUT2D eigenvalue weighted by Gasteiger charge is 2.19. The quantitative estimate of drug-likeness (QED) is 0.823. The van der Waals surface area contributed by atoms with Crippen LogP contribution in [0.25, 0.3) is 0 Å². The first-order valence-corrected chi connectivity index (χ1v) is 7.86. The molecule has 0 aliphatic carbocycles. The lowest BCUT2D eigenvalue weighted by molar-refractivity contribution is -0.115. The van der Waals surface area contributed by atoms with Gasteiger partial charge >= 0.3 is 0 Å². The number of hydrogen-bond acceptors (Lipinski definition) is 6. The van der Waals surface area contributed by atoms with E-state index in [-0.39, 0.29) is 17.1 Å². The molecule has 6 nitrogen and oxygen atoms in total. The van der Waals surface area contributed by atoms with Gasteiger partial charge in [0, 0.05) is 5.69 Å². The first-order valence-electron chi connectivity index (χ1n) is 6.98. The molecule has 1 aromatic heterocycles. The lowest BCUT2D eigenvalue weighted by Gasteiger charge is -2.14. The van der Waals surface area contributed by atoms with Gasteiger partial charge in [0.05, 0.1) is 5.25 Å². The lowest BCUT2D eigenvalue weighted by atomic mass is 10.1. The van der Waals surface area contributed by atoms with Crippen molar-refractivity contribution in [2.24, 2.45) is 0 Å². The molecule has 0 aliphatic heterocycles. The number of carbonyl (C=O) groups excluding carboxylic acids is 1. The highest BCUT2D eigenvalue weighted by Crippen LogP contribution is 2.24. The van der Waals surface area contributed by atoms with Crippen molar-refractivity contribution in [2.75, 3.05) is 11.1 Å². The number of rotatable bonds is 5. The Balaban J connectivity index is 2.08. The third-order valence-electron chi connectivity index (χ3n) is 2.97. The summed E-state index contributed by atoms with van der Waals surface area (Å²) in [5.41, 5.74) is 8.56. The van der Waals surface area contributed by atoms with Crippen molar-refractivity contribution in [1.29, 1.82) is 0 Å². The van der Waals surface area contributed by atoms with Gasteiger partial charge in [-0.1, -0.05) is 24.8 Å². The van der Waals surface area contributed by atoms with Crippen molar-refractivity contribution < 1.29 is 4.79 Å². The summed E-state index contributed by atoms with van der Waals surface area (Å²) in [5.74, 6) is 0.0820. The van der Waals surface area contributed by atoms with E-state index in [1.807, 2.05) is 32.9 Å². The molecule has 1 amide bonds. The third-order valence-corrected chi connectivity index (χ3v) is 4.21. The second-order valence-electron chi connectivity index (χ2n) is 5.01. The first kappa shape index (κ1) is 16.2. The maximum absolute atomic E-state index is 12.4. The van der Waals surface area contributed by atoms with Crippen LogP contribution in [0.3, 0.4) is 0 Å². The number of aromatic nitrogens is 3. The minimum absolute atomic E-state index is 0.0727. The topological polar surface area (TPSA) is 93.8 Å². The van der Waals surface area contributed by atoms with Crippen LogP contribution in [0.15, 0.2) is 29.7 Å². The van der Waals surface area contributed by atoms with Crippen LogP contribution >= 0.6 is 11.8 Å². The Hall–Kier alpha value is -2.15. The zero-order valence-electron chi connectivity index (χ0n) is 12.8. The summed E-state index contributed by atoms with van der Waals surface area (Å²) in [6.07, 6.45) is 2.01. The molecule has 0 spiro atoms. The molecule has 0 aliphatic rings. The highest BCUT2D eigenvalue weighted by molar-refractivity contribution is 8.00. The Bertz CT molecular complexity index is 656. The van der Waals surface area contributed by atoms with Gasteiger partial charge in [-0.3, -0.25) is 4.79 Å². The summed E-state index contributed by atoms with van der Waals surface area (Å²) in [6.45, 7) is 5.95. The molecule has 2 aromatic rings. The number of anilines is 2. The van der Waals surface area contributed by atoms with Crippen LogP contribution in [0.4, 0.5) is 11.6 Å². The molecule has 2 rings (SSSR count). The number of hydrogen-bond donors (Lipinski definition) is 2. The summed E-state index contributed by atoms with van der Waals surface area (Å²) < 4.78 is 0. The van der Waals surface area contributed by atoms with Crippen LogP contribution in [-0.4, -0.2) is 26.1 Å². The normalized spacial score (nSPS) is 12.0. The molecular weight excluding hydrogens is 298 g/mol. The van der Waals surface area contributed by atoms with Crippen LogP contribution in [0, 0.1) is 13.8 Å². The molecule has 22 heavy (non-hydrogen) atoms. The van der Waals surface area contributed by atoms with Gasteiger partial charge in [0.2, 0.25) is 11.9 Å². The average Bonchev–Trinajstić information content (AvgIpc) is 2.43. The summed E-state index contributed by atoms with van der Waals surface area (Å²) in [7, 11) is 0. The number of nitrogens with one attached hydrogen (secondary N) is 1. The van der Waals surface area contributed by atoms with Crippen LogP contribution < -0.4 is 11.1 Å². The van der Waals surface area contributed by atoms with Gasteiger partial charge in [0.1, 0.15) is 6.33 Å². The number of benzene rings is 1. The van der Waals surface area contributed by atoms with E-state index in [1.54, 1.807) is 0 Å². The van der Waals surface area contributed by atoms with Gasteiger partial charge in [0.15, 0.2) is 5.16 Å². The van der Waals surface area contributed by atoms with Crippen molar-refractivity contribution in [3.63, 3.8) is 0 Å². The molecule has 1 atom stereocenters. The molecule has 116 valence electrons. The Morgan fingerprint density at radius 3 is 2.55 bits per heavy atom. The van der Waals surface area contributed by atoms with E-state index in [4.69, 9.17) is 5.73 Å². The van der Waals surface area contributed by atoms with E-state index in [0.717, 1.165) is 16.8 Å². The fraction of sp³-hybridized carbons (Fsp3) is 0.333. The molecule has 0 radical (unpaired) electrons. The molecule has 1 aromatic carbocycles. The van der Waals surface area contributed by atoms with E-state index >= 15 is 0 Å². The minimum Gasteiger partial charge on any atom is -0.368 e. The number of nitrogens with zero attached hydrogens (tertiary/aromatic N) is 3. The van der Waals surface area contributed by atoms with Gasteiger partial charge < -0.3 is 11.1 Å². The molecule has 3 N–H and O–H groups in total. The van der Waals surface area contributed by atoms with E-state index in [0.29, 0.717) is 11.6 Å². The van der Waals surface area contributed by atoms with Gasteiger partial charge in [0.25, 0.3) is 0 Å². The fourth-order valence-electron chi connectivity index (χ4n) is 2.07. The predicted molar refractivity (Wildman–Crippen MR) is 88.7 cm³/mol. The molecule has 0 saturated heterocycles. The lowest BCUT2D eigenvalue weighted by Crippen LogP contribution is -2.25. The Kier molecular flexibility index (Phi) is 5.32. The molecule has 1 unspecified atom stereocenters. The smallest absolute Gasteiger partial charge is 0.237 e. The zero-order chi connectivity index (χ0) is 16.1. The zero-order valence-corrected chi connectivity index (χ0v) is 13.6. The van der Waals surface area contributed by atoms with E-state index in [9.17, 15) is 4.79 Å². The van der Waals surface area contributed by atoms with Gasteiger partial charge in [-0.2, -0.15) is 4.98 Å². The van der Waals surface area contributed by atoms with Gasteiger partial charge in [-0.25, -0.2) is 9.97 Å². The van der Waals surface area contributed by atoms with Gasteiger partial charge in [-0.05, 0) is 43.5 Å². The number of amides is 1. The Labute approximate surface area is 134 Å². The van der Waals surface area contributed by atoms with Crippen molar-refractivity contribution in [3.05, 3.63) is 35.7 Å². The second-order valence-corrected chi connectivity index (χ2v) is 6.18. The number of thioether (sulfide) groups is 1. The first-order chi connectivity index (χ1) is 10.5. The second kappa shape index (κ2) is 7.22. The summed E-state index contributed by atoms with van der Waals surface area (Å²) in [4.78, 5) is 24.2. The maximum Gasteiger partial charge on any atom is 0.237 e. The molecule has 0 fully saturated rings. The monoisotopic (exact) mass is 317 g/mol. The Morgan fingerprint density at radius 2 is 1.95 bits per heavy atom. The maximum atomic E-state index is 12.4. The minimum atomic E-state index is -0.289. The number of aryl methyl sites for hydroxylation is 2. The summed E-state index contributed by atoms with van der Waals surface area (Å²) in [6, 6.07) is 5.96.